The van der Waals surface area contributed by atoms with Crippen molar-refractivity contribution in [2.75, 3.05) is 11.9 Å². The number of nitrogens with one attached hydrogen (secondary N) is 2. The minimum absolute atomic E-state index is 0.0740. The summed E-state index contributed by atoms with van der Waals surface area (Å²) < 4.78 is 21.3. The zero-order valence-electron chi connectivity index (χ0n) is 16.9. The van der Waals surface area contributed by atoms with Gasteiger partial charge in [-0.3, -0.25) is 9.59 Å². The summed E-state index contributed by atoms with van der Waals surface area (Å²) in [5, 5.41) is 5.30. The van der Waals surface area contributed by atoms with Crippen LogP contribution in [0.4, 0.5) is 10.1 Å². The molecule has 8 heteroatoms. The molecule has 0 radical (unpaired) electrons. The standard InChI is InChI=1S/C23H23FN4O3/c24-18-8-2-3-9-19(18)27-22(29)15-31-20-10-4-1-7-17(20)23(30)25-13-16-14-28-12-6-5-11-21(28)26-16/h1-4,7-10,14H,5-6,11-13,15H2,(H,25,30)(H,27,29). The average molecular weight is 422 g/mol. The van der Waals surface area contributed by atoms with Gasteiger partial charge in [0, 0.05) is 19.2 Å². The summed E-state index contributed by atoms with van der Waals surface area (Å²) >= 11 is 0. The molecule has 2 amide bonds. The third-order valence-electron chi connectivity index (χ3n) is 5.03. The normalized spacial score (nSPS) is 12.7. The topological polar surface area (TPSA) is 85.2 Å². The highest BCUT2D eigenvalue weighted by molar-refractivity contribution is 5.97. The number of halogens is 1. The lowest BCUT2D eigenvalue weighted by Crippen LogP contribution is -2.25. The van der Waals surface area contributed by atoms with Gasteiger partial charge in [0.15, 0.2) is 6.61 Å². The lowest BCUT2D eigenvalue weighted by atomic mass is 10.2. The molecule has 1 aromatic heterocycles. The summed E-state index contributed by atoms with van der Waals surface area (Å²) in [5.74, 6) is -0.0514. The Morgan fingerprint density at radius 1 is 1.10 bits per heavy atom. The van der Waals surface area contributed by atoms with Crippen LogP contribution in [0, 0.1) is 5.82 Å². The lowest BCUT2D eigenvalue weighted by molar-refractivity contribution is -0.118. The predicted octanol–water partition coefficient (Wildman–Crippen LogP) is 3.31. The van der Waals surface area contributed by atoms with Crippen LogP contribution in [0.25, 0.3) is 0 Å². The van der Waals surface area contributed by atoms with E-state index in [1.165, 1.54) is 18.2 Å². The number of rotatable bonds is 7. The fourth-order valence-corrected chi connectivity index (χ4v) is 3.50. The number of imidazole rings is 1. The van der Waals surface area contributed by atoms with Crippen LogP contribution in [0.5, 0.6) is 5.75 Å². The predicted molar refractivity (Wildman–Crippen MR) is 113 cm³/mol. The first-order valence-electron chi connectivity index (χ1n) is 10.2. The van der Waals surface area contributed by atoms with Gasteiger partial charge in [-0.25, -0.2) is 9.37 Å². The Morgan fingerprint density at radius 3 is 2.74 bits per heavy atom. The molecule has 4 rings (SSSR count). The second-order valence-corrected chi connectivity index (χ2v) is 7.29. The fraction of sp³-hybridized carbons (Fsp3) is 0.261. The number of aromatic nitrogens is 2. The number of hydrogen-bond donors (Lipinski definition) is 2. The smallest absolute Gasteiger partial charge is 0.262 e. The maximum absolute atomic E-state index is 13.7. The van der Waals surface area contributed by atoms with E-state index < -0.39 is 11.7 Å². The maximum Gasteiger partial charge on any atom is 0.262 e. The van der Waals surface area contributed by atoms with E-state index in [-0.39, 0.29) is 24.0 Å². The van der Waals surface area contributed by atoms with Crippen LogP contribution in [0.15, 0.2) is 54.7 Å². The fourth-order valence-electron chi connectivity index (χ4n) is 3.50. The van der Waals surface area contributed by atoms with Crippen LogP contribution >= 0.6 is 0 Å². The highest BCUT2D eigenvalue weighted by Crippen LogP contribution is 2.19. The lowest BCUT2D eigenvalue weighted by Gasteiger charge is -2.12. The summed E-state index contributed by atoms with van der Waals surface area (Å²) in [5.41, 5.74) is 1.20. The minimum atomic E-state index is -0.531. The van der Waals surface area contributed by atoms with E-state index >= 15 is 0 Å². The van der Waals surface area contributed by atoms with Gasteiger partial charge < -0.3 is 19.9 Å². The molecule has 160 valence electrons. The first-order valence-corrected chi connectivity index (χ1v) is 10.2. The molecule has 0 saturated carbocycles. The van der Waals surface area contributed by atoms with Crippen molar-refractivity contribution in [1.29, 1.82) is 0 Å². The number of amides is 2. The van der Waals surface area contributed by atoms with Crippen molar-refractivity contribution in [3.63, 3.8) is 0 Å². The third kappa shape index (κ3) is 5.09. The van der Waals surface area contributed by atoms with Crippen molar-refractivity contribution in [1.82, 2.24) is 14.9 Å². The monoisotopic (exact) mass is 422 g/mol. The van der Waals surface area contributed by atoms with Gasteiger partial charge in [0.2, 0.25) is 0 Å². The Balaban J connectivity index is 1.35. The summed E-state index contributed by atoms with van der Waals surface area (Å²) in [4.78, 5) is 29.4. The zero-order valence-corrected chi connectivity index (χ0v) is 16.9. The minimum Gasteiger partial charge on any atom is -0.483 e. The molecule has 7 nitrogen and oxygen atoms in total. The van der Waals surface area contributed by atoms with Crippen LogP contribution in [-0.2, 0) is 24.3 Å². The molecule has 1 aliphatic heterocycles. The van der Waals surface area contributed by atoms with Crippen molar-refractivity contribution in [2.24, 2.45) is 0 Å². The first-order chi connectivity index (χ1) is 15.1. The highest BCUT2D eigenvalue weighted by atomic mass is 19.1. The first kappa shape index (κ1) is 20.6. The number of benzene rings is 2. The molecule has 0 aliphatic carbocycles. The third-order valence-corrected chi connectivity index (χ3v) is 5.03. The van der Waals surface area contributed by atoms with Crippen molar-refractivity contribution >= 4 is 17.5 Å². The van der Waals surface area contributed by atoms with Gasteiger partial charge in [-0.05, 0) is 37.1 Å². The number of fused-ring (bicyclic) bond motifs is 1. The Morgan fingerprint density at radius 2 is 1.90 bits per heavy atom. The molecule has 1 aliphatic rings. The Kier molecular flexibility index (Phi) is 6.26. The van der Waals surface area contributed by atoms with E-state index in [9.17, 15) is 14.0 Å². The van der Waals surface area contributed by atoms with Gasteiger partial charge in [-0.2, -0.15) is 0 Å². The van der Waals surface area contributed by atoms with E-state index in [1.807, 2.05) is 6.20 Å². The van der Waals surface area contributed by atoms with E-state index in [0.717, 1.165) is 37.3 Å². The zero-order chi connectivity index (χ0) is 21.6. The number of carbonyl (C=O) groups excluding carboxylic acids is 2. The molecule has 0 saturated heterocycles. The summed E-state index contributed by atoms with van der Waals surface area (Å²) in [6.07, 6.45) is 5.21. The molecule has 0 fully saturated rings. The molecule has 0 bridgehead atoms. The summed E-state index contributed by atoms with van der Waals surface area (Å²) in [6, 6.07) is 12.5. The average Bonchev–Trinajstić information content (AvgIpc) is 3.21. The van der Waals surface area contributed by atoms with Gasteiger partial charge in [0.25, 0.3) is 11.8 Å². The number of nitrogens with zero attached hydrogens (tertiary/aromatic N) is 2. The SMILES string of the molecule is O=C(COc1ccccc1C(=O)NCc1cn2c(n1)CCCC2)Nc1ccccc1F. The van der Waals surface area contributed by atoms with Crippen molar-refractivity contribution in [3.05, 3.63) is 77.6 Å². The molecule has 2 aromatic carbocycles. The van der Waals surface area contributed by atoms with Gasteiger partial charge in [-0.15, -0.1) is 0 Å². The van der Waals surface area contributed by atoms with Gasteiger partial charge in [0.05, 0.1) is 23.5 Å². The number of para-hydroxylation sites is 2. The van der Waals surface area contributed by atoms with E-state index in [2.05, 4.69) is 20.2 Å². The van der Waals surface area contributed by atoms with Crippen molar-refractivity contribution in [2.45, 2.75) is 32.4 Å². The molecular weight excluding hydrogens is 399 g/mol. The number of ether oxygens (including phenoxy) is 1. The molecular formula is C23H23FN4O3. The second-order valence-electron chi connectivity index (χ2n) is 7.29. The largest absolute Gasteiger partial charge is 0.483 e. The van der Waals surface area contributed by atoms with Crippen LogP contribution in [0.3, 0.4) is 0 Å². The molecule has 3 aromatic rings. The van der Waals surface area contributed by atoms with Crippen molar-refractivity contribution < 1.29 is 18.7 Å². The van der Waals surface area contributed by atoms with Crippen LogP contribution in [0.2, 0.25) is 0 Å². The highest BCUT2D eigenvalue weighted by Gasteiger charge is 2.16. The number of hydrogen-bond acceptors (Lipinski definition) is 4. The molecule has 31 heavy (non-hydrogen) atoms. The summed E-state index contributed by atoms with van der Waals surface area (Å²) in [7, 11) is 0. The molecule has 0 unspecified atom stereocenters. The van der Waals surface area contributed by atoms with Crippen LogP contribution in [0.1, 0.15) is 34.7 Å². The molecule has 0 spiro atoms. The van der Waals surface area contributed by atoms with E-state index in [4.69, 9.17) is 4.74 Å². The Hall–Kier alpha value is -3.68. The van der Waals surface area contributed by atoms with Crippen molar-refractivity contribution in [3.8, 4) is 5.75 Å². The maximum atomic E-state index is 13.7. The summed E-state index contributed by atoms with van der Waals surface area (Å²) in [6.45, 7) is 0.912. The Labute approximate surface area is 179 Å². The quantitative estimate of drug-likeness (QED) is 0.612. The number of aryl methyl sites for hydroxylation is 2. The van der Waals surface area contributed by atoms with Crippen LogP contribution in [-0.4, -0.2) is 28.0 Å². The number of carbonyl (C=O) groups is 2. The second kappa shape index (κ2) is 9.42. The Bertz CT molecular complexity index is 1070. The van der Waals surface area contributed by atoms with Crippen LogP contribution < -0.4 is 15.4 Å². The molecule has 0 atom stereocenters. The van der Waals surface area contributed by atoms with E-state index in [0.29, 0.717) is 12.1 Å². The molecule has 2 heterocycles. The van der Waals surface area contributed by atoms with Gasteiger partial charge in [-0.1, -0.05) is 24.3 Å². The van der Waals surface area contributed by atoms with Gasteiger partial charge in [0.1, 0.15) is 17.4 Å². The molecule has 2 N–H and O–H groups in total. The van der Waals surface area contributed by atoms with Gasteiger partial charge >= 0.3 is 0 Å². The van der Waals surface area contributed by atoms with E-state index in [1.54, 1.807) is 30.3 Å². The number of anilines is 1.